The molecule has 1 amide bonds. The maximum absolute atomic E-state index is 13.9. The summed E-state index contributed by atoms with van der Waals surface area (Å²) >= 11 is 0. The number of nitrogens with one attached hydrogen (secondary N) is 1. The molecule has 1 saturated heterocycles. The molecule has 1 N–H and O–H groups in total. The number of rotatable bonds is 2. The number of hydrogen-bond donors (Lipinski definition) is 1. The van der Waals surface area contributed by atoms with Crippen molar-refractivity contribution in [3.63, 3.8) is 0 Å². The van der Waals surface area contributed by atoms with Gasteiger partial charge in [-0.05, 0) is 6.07 Å². The average molecular weight is 298 g/mol. The van der Waals surface area contributed by atoms with Crippen LogP contribution in [-0.4, -0.2) is 25.7 Å². The number of ether oxygens (including phenoxy) is 2. The van der Waals surface area contributed by atoms with Crippen LogP contribution >= 0.6 is 12.4 Å². The number of methoxy groups -OCH3 is 1. The number of alkyl carbamates (subject to hydrolysis) is 1. The first-order valence-electron chi connectivity index (χ1n) is 5.09. The van der Waals surface area contributed by atoms with Crippen LogP contribution in [0, 0.1) is 5.82 Å². The van der Waals surface area contributed by atoms with E-state index in [0.717, 1.165) is 0 Å². The number of carbonyl (C=O) groups is 1. The summed E-state index contributed by atoms with van der Waals surface area (Å²) in [6.45, 7) is -1.08. The number of halogens is 4. The van der Waals surface area contributed by atoms with Gasteiger partial charge in [0.1, 0.15) is 6.04 Å². The molecule has 0 aromatic heterocycles. The summed E-state index contributed by atoms with van der Waals surface area (Å²) in [6, 6.07) is 2.07. The van der Waals surface area contributed by atoms with Gasteiger partial charge < -0.3 is 14.8 Å². The van der Waals surface area contributed by atoms with Crippen LogP contribution in [0.4, 0.5) is 18.0 Å². The highest BCUT2D eigenvalue weighted by Crippen LogP contribution is 2.37. The topological polar surface area (TPSA) is 47.6 Å². The third-order valence-electron chi connectivity index (χ3n) is 2.60. The third-order valence-corrected chi connectivity index (χ3v) is 2.60. The van der Waals surface area contributed by atoms with Crippen LogP contribution in [0.3, 0.4) is 0 Å². The van der Waals surface area contributed by atoms with Crippen LogP contribution in [0.1, 0.15) is 11.6 Å². The minimum atomic E-state index is -3.39. The third kappa shape index (κ3) is 2.86. The highest BCUT2D eigenvalue weighted by Gasteiger charge is 2.48. The fourth-order valence-corrected chi connectivity index (χ4v) is 1.72. The largest absolute Gasteiger partial charge is 0.494 e. The second kappa shape index (κ2) is 5.56. The molecule has 0 unspecified atom stereocenters. The van der Waals surface area contributed by atoms with E-state index in [1.54, 1.807) is 0 Å². The van der Waals surface area contributed by atoms with Crippen LogP contribution in [-0.2, 0) is 4.74 Å². The van der Waals surface area contributed by atoms with Gasteiger partial charge in [0, 0.05) is 5.56 Å². The van der Waals surface area contributed by atoms with Crippen molar-refractivity contribution in [2.24, 2.45) is 0 Å². The van der Waals surface area contributed by atoms with Gasteiger partial charge >= 0.3 is 12.0 Å². The molecule has 1 aromatic carbocycles. The fraction of sp³-hybridized carbons (Fsp3) is 0.364. The van der Waals surface area contributed by atoms with Gasteiger partial charge in [-0.1, -0.05) is 12.1 Å². The molecule has 8 heteroatoms. The Morgan fingerprint density at radius 3 is 2.79 bits per heavy atom. The number of benzene rings is 1. The van der Waals surface area contributed by atoms with Gasteiger partial charge in [-0.3, -0.25) is 0 Å². The summed E-state index contributed by atoms with van der Waals surface area (Å²) in [4.78, 5) is 11.0. The number of hydrogen-bond acceptors (Lipinski definition) is 3. The molecule has 1 fully saturated rings. The molecule has 1 heterocycles. The Morgan fingerprint density at radius 2 is 2.16 bits per heavy atom. The minimum absolute atomic E-state index is 0. The predicted octanol–water partition coefficient (Wildman–Crippen LogP) is 2.67. The van der Waals surface area contributed by atoms with Crippen molar-refractivity contribution in [2.45, 2.75) is 12.0 Å². The van der Waals surface area contributed by atoms with E-state index in [0.29, 0.717) is 0 Å². The van der Waals surface area contributed by atoms with E-state index in [1.165, 1.54) is 25.3 Å². The Balaban J connectivity index is 0.00000180. The maximum atomic E-state index is 13.9. The first-order chi connectivity index (χ1) is 8.45. The molecule has 0 aliphatic carbocycles. The maximum Gasteiger partial charge on any atom is 0.408 e. The summed E-state index contributed by atoms with van der Waals surface area (Å²) in [5, 5.41) is 1.91. The molecule has 0 bridgehead atoms. The molecule has 1 aliphatic heterocycles. The molecule has 106 valence electrons. The van der Waals surface area contributed by atoms with Crippen molar-refractivity contribution in [3.8, 4) is 5.75 Å². The molecule has 4 nitrogen and oxygen atoms in total. The Labute approximate surface area is 113 Å². The Bertz CT molecular complexity index is 484. The monoisotopic (exact) mass is 297 g/mol. The summed E-state index contributed by atoms with van der Waals surface area (Å²) < 4.78 is 50.0. The lowest BCUT2D eigenvalue weighted by atomic mass is 9.99. The Kier molecular flexibility index (Phi) is 4.52. The molecule has 2 rings (SSSR count). The standard InChI is InChI=1S/C11H10F3NO3.ClH/c1-17-7-4-2-3-6(8(7)12)9-11(13,14)5-18-10(16)15-9;/h2-4,9H,5H2,1H3,(H,15,16);1H/t9-;/m0./s1. The van der Waals surface area contributed by atoms with Crippen LogP contribution in [0.15, 0.2) is 18.2 Å². The normalized spacial score (nSPS) is 20.8. The van der Waals surface area contributed by atoms with Gasteiger partial charge in [0.25, 0.3) is 0 Å². The van der Waals surface area contributed by atoms with E-state index in [2.05, 4.69) is 4.74 Å². The van der Waals surface area contributed by atoms with E-state index < -0.39 is 30.5 Å². The lowest BCUT2D eigenvalue weighted by Crippen LogP contribution is -2.49. The van der Waals surface area contributed by atoms with Crippen molar-refractivity contribution in [3.05, 3.63) is 29.6 Å². The number of carbonyl (C=O) groups excluding carboxylic acids is 1. The second-order valence-electron chi connectivity index (χ2n) is 3.78. The van der Waals surface area contributed by atoms with Crippen molar-refractivity contribution in [1.82, 2.24) is 5.32 Å². The lowest BCUT2D eigenvalue weighted by molar-refractivity contribution is -0.105. The van der Waals surface area contributed by atoms with Crippen LogP contribution in [0.5, 0.6) is 5.75 Å². The first-order valence-corrected chi connectivity index (χ1v) is 5.09. The average Bonchev–Trinajstić information content (AvgIpc) is 2.33. The Morgan fingerprint density at radius 1 is 1.47 bits per heavy atom. The highest BCUT2D eigenvalue weighted by atomic mass is 35.5. The van der Waals surface area contributed by atoms with E-state index in [9.17, 15) is 18.0 Å². The van der Waals surface area contributed by atoms with Crippen molar-refractivity contribution < 1.29 is 27.4 Å². The molecule has 1 atom stereocenters. The molecule has 0 spiro atoms. The molecular formula is C11H11ClF3NO3. The quantitative estimate of drug-likeness (QED) is 0.913. The van der Waals surface area contributed by atoms with Crippen LogP contribution in [0.2, 0.25) is 0 Å². The molecular weight excluding hydrogens is 287 g/mol. The number of amides is 1. The van der Waals surface area contributed by atoms with Gasteiger partial charge in [-0.15, -0.1) is 12.4 Å². The molecule has 1 aromatic rings. The zero-order valence-electron chi connectivity index (χ0n) is 9.78. The van der Waals surface area contributed by atoms with Gasteiger partial charge in [0.2, 0.25) is 0 Å². The molecule has 19 heavy (non-hydrogen) atoms. The zero-order valence-corrected chi connectivity index (χ0v) is 10.6. The fourth-order valence-electron chi connectivity index (χ4n) is 1.72. The van der Waals surface area contributed by atoms with Crippen molar-refractivity contribution in [2.75, 3.05) is 13.7 Å². The highest BCUT2D eigenvalue weighted by molar-refractivity contribution is 5.85. The second-order valence-corrected chi connectivity index (χ2v) is 3.78. The molecule has 1 aliphatic rings. The summed E-state index contributed by atoms with van der Waals surface area (Å²) in [6.07, 6.45) is -1.01. The zero-order chi connectivity index (χ0) is 13.3. The van der Waals surface area contributed by atoms with Crippen LogP contribution < -0.4 is 10.1 Å². The first kappa shape index (κ1) is 15.4. The summed E-state index contributed by atoms with van der Waals surface area (Å²) in [5.74, 6) is -4.47. The van der Waals surface area contributed by atoms with Crippen LogP contribution in [0.25, 0.3) is 0 Å². The van der Waals surface area contributed by atoms with E-state index in [-0.39, 0.29) is 23.7 Å². The van der Waals surface area contributed by atoms with E-state index >= 15 is 0 Å². The van der Waals surface area contributed by atoms with E-state index in [4.69, 9.17) is 4.74 Å². The number of alkyl halides is 2. The molecule has 0 radical (unpaired) electrons. The summed E-state index contributed by atoms with van der Waals surface area (Å²) in [5.41, 5.74) is -0.337. The van der Waals surface area contributed by atoms with E-state index in [1.807, 2.05) is 5.32 Å². The molecule has 0 saturated carbocycles. The van der Waals surface area contributed by atoms with Gasteiger partial charge in [0.15, 0.2) is 18.2 Å². The number of cyclic esters (lactones) is 1. The summed E-state index contributed by atoms with van der Waals surface area (Å²) in [7, 11) is 1.23. The Hall–Kier alpha value is -1.63. The predicted molar refractivity (Wildman–Crippen MR) is 62.4 cm³/mol. The van der Waals surface area contributed by atoms with Crippen molar-refractivity contribution in [1.29, 1.82) is 0 Å². The van der Waals surface area contributed by atoms with Gasteiger partial charge in [-0.2, -0.15) is 0 Å². The van der Waals surface area contributed by atoms with Gasteiger partial charge in [-0.25, -0.2) is 18.0 Å². The minimum Gasteiger partial charge on any atom is -0.494 e. The SMILES string of the molecule is COc1cccc([C@@H]2NC(=O)OCC2(F)F)c1F.Cl. The van der Waals surface area contributed by atoms with Gasteiger partial charge in [0.05, 0.1) is 7.11 Å². The smallest absolute Gasteiger partial charge is 0.408 e. The lowest BCUT2D eigenvalue weighted by Gasteiger charge is -2.32. The van der Waals surface area contributed by atoms with Crippen molar-refractivity contribution >= 4 is 18.5 Å².